The van der Waals surface area contributed by atoms with Gasteiger partial charge in [0.1, 0.15) is 0 Å². The molecule has 0 bridgehead atoms. The zero-order valence-corrected chi connectivity index (χ0v) is 13.0. The summed E-state index contributed by atoms with van der Waals surface area (Å²) in [7, 11) is 2.01. The summed E-state index contributed by atoms with van der Waals surface area (Å²) in [4.78, 5) is 0. The van der Waals surface area contributed by atoms with Crippen molar-refractivity contribution >= 4 is 0 Å². The first-order chi connectivity index (χ1) is 9.63. The van der Waals surface area contributed by atoms with E-state index in [1.165, 1.54) is 22.4 Å². The van der Waals surface area contributed by atoms with E-state index in [1.807, 2.05) is 17.9 Å². The van der Waals surface area contributed by atoms with E-state index >= 15 is 0 Å². The number of hydrogen-bond acceptors (Lipinski definition) is 2. The third-order valence-corrected chi connectivity index (χ3v) is 4.08. The highest BCUT2D eigenvalue weighted by Crippen LogP contribution is 2.24. The van der Waals surface area contributed by atoms with E-state index < -0.39 is 0 Å². The van der Waals surface area contributed by atoms with Gasteiger partial charge in [-0.05, 0) is 56.0 Å². The summed E-state index contributed by atoms with van der Waals surface area (Å²) >= 11 is 0. The Bertz CT molecular complexity index is 557. The standard InChI is InChI=1S/C17H25N3/c1-5-18-17(10-9-15-11-12-19-20(15)4)16-8-6-7-13(2)14(16)3/h6-8,11-12,17-18H,5,9-10H2,1-4H3. The number of aryl methyl sites for hydroxylation is 3. The minimum absolute atomic E-state index is 0.412. The molecule has 1 aromatic heterocycles. The van der Waals surface area contributed by atoms with E-state index in [-0.39, 0.29) is 0 Å². The lowest BCUT2D eigenvalue weighted by Crippen LogP contribution is -2.22. The van der Waals surface area contributed by atoms with Gasteiger partial charge in [-0.25, -0.2) is 0 Å². The molecule has 0 aliphatic rings. The van der Waals surface area contributed by atoms with Gasteiger partial charge in [-0.3, -0.25) is 4.68 Å². The van der Waals surface area contributed by atoms with Crippen LogP contribution in [0.2, 0.25) is 0 Å². The molecule has 3 heteroatoms. The van der Waals surface area contributed by atoms with Crippen LogP contribution in [0.3, 0.4) is 0 Å². The van der Waals surface area contributed by atoms with Crippen molar-refractivity contribution in [3.05, 3.63) is 52.8 Å². The van der Waals surface area contributed by atoms with Crippen LogP contribution in [0.5, 0.6) is 0 Å². The Morgan fingerprint density at radius 3 is 2.70 bits per heavy atom. The van der Waals surface area contributed by atoms with E-state index in [4.69, 9.17) is 0 Å². The van der Waals surface area contributed by atoms with Crippen molar-refractivity contribution in [3.63, 3.8) is 0 Å². The fourth-order valence-electron chi connectivity index (χ4n) is 2.70. The molecule has 3 nitrogen and oxygen atoms in total. The predicted octanol–water partition coefficient (Wildman–Crippen LogP) is 3.32. The second-order valence-corrected chi connectivity index (χ2v) is 5.38. The first-order valence-corrected chi connectivity index (χ1v) is 7.39. The van der Waals surface area contributed by atoms with E-state index in [0.717, 1.165) is 19.4 Å². The lowest BCUT2D eigenvalue weighted by molar-refractivity contribution is 0.504. The second-order valence-electron chi connectivity index (χ2n) is 5.38. The maximum absolute atomic E-state index is 4.24. The molecule has 1 atom stereocenters. The van der Waals surface area contributed by atoms with Crippen LogP contribution in [0.25, 0.3) is 0 Å². The van der Waals surface area contributed by atoms with Gasteiger partial charge in [0.05, 0.1) is 0 Å². The molecule has 1 unspecified atom stereocenters. The van der Waals surface area contributed by atoms with Gasteiger partial charge in [0.2, 0.25) is 0 Å². The number of aromatic nitrogens is 2. The summed E-state index contributed by atoms with van der Waals surface area (Å²) in [6, 6.07) is 9.11. The van der Waals surface area contributed by atoms with Crippen LogP contribution in [0.15, 0.2) is 30.5 Å². The zero-order chi connectivity index (χ0) is 14.5. The van der Waals surface area contributed by atoms with Crippen LogP contribution >= 0.6 is 0 Å². The van der Waals surface area contributed by atoms with Crippen molar-refractivity contribution in [2.75, 3.05) is 6.54 Å². The van der Waals surface area contributed by atoms with Crippen molar-refractivity contribution in [1.29, 1.82) is 0 Å². The predicted molar refractivity (Wildman–Crippen MR) is 83.9 cm³/mol. The van der Waals surface area contributed by atoms with Crippen molar-refractivity contribution in [3.8, 4) is 0 Å². The molecule has 2 rings (SSSR count). The molecule has 0 aliphatic heterocycles. The Morgan fingerprint density at radius 2 is 2.05 bits per heavy atom. The van der Waals surface area contributed by atoms with Crippen LogP contribution in [0.1, 0.15) is 41.8 Å². The third kappa shape index (κ3) is 3.28. The summed E-state index contributed by atoms with van der Waals surface area (Å²) in [6.45, 7) is 7.56. The van der Waals surface area contributed by atoms with Crippen LogP contribution in [0.4, 0.5) is 0 Å². The molecule has 0 fully saturated rings. The van der Waals surface area contributed by atoms with Gasteiger partial charge in [-0.1, -0.05) is 25.1 Å². The largest absolute Gasteiger partial charge is 0.310 e. The molecule has 108 valence electrons. The van der Waals surface area contributed by atoms with Gasteiger partial charge in [0.25, 0.3) is 0 Å². The van der Waals surface area contributed by atoms with Gasteiger partial charge in [0, 0.05) is 25.0 Å². The smallest absolute Gasteiger partial charge is 0.0492 e. The number of nitrogens with zero attached hydrogens (tertiary/aromatic N) is 2. The maximum atomic E-state index is 4.24. The Labute approximate surface area is 122 Å². The van der Waals surface area contributed by atoms with E-state index in [0.29, 0.717) is 6.04 Å². The van der Waals surface area contributed by atoms with E-state index in [1.54, 1.807) is 0 Å². The average Bonchev–Trinajstić information content (AvgIpc) is 2.84. The molecule has 2 aromatic rings. The van der Waals surface area contributed by atoms with Gasteiger partial charge in [-0.2, -0.15) is 5.10 Å². The molecule has 1 heterocycles. The number of hydrogen-bond donors (Lipinski definition) is 1. The molecule has 20 heavy (non-hydrogen) atoms. The average molecular weight is 271 g/mol. The molecule has 0 saturated heterocycles. The van der Waals surface area contributed by atoms with Gasteiger partial charge in [-0.15, -0.1) is 0 Å². The maximum Gasteiger partial charge on any atom is 0.0492 e. The first-order valence-electron chi connectivity index (χ1n) is 7.39. The van der Waals surface area contributed by atoms with Gasteiger partial charge in [0.15, 0.2) is 0 Å². The monoisotopic (exact) mass is 271 g/mol. The lowest BCUT2D eigenvalue weighted by Gasteiger charge is -2.21. The van der Waals surface area contributed by atoms with Crippen LogP contribution in [-0.2, 0) is 13.5 Å². The molecule has 1 N–H and O–H groups in total. The van der Waals surface area contributed by atoms with E-state index in [9.17, 15) is 0 Å². The molecular weight excluding hydrogens is 246 g/mol. The van der Waals surface area contributed by atoms with Crippen molar-refractivity contribution in [2.24, 2.45) is 7.05 Å². The fourth-order valence-corrected chi connectivity index (χ4v) is 2.70. The van der Waals surface area contributed by atoms with Gasteiger partial charge < -0.3 is 5.32 Å². The fraction of sp³-hybridized carbons (Fsp3) is 0.471. The van der Waals surface area contributed by atoms with Gasteiger partial charge >= 0.3 is 0 Å². The summed E-state index contributed by atoms with van der Waals surface area (Å²) < 4.78 is 1.96. The molecule has 1 aromatic carbocycles. The number of benzene rings is 1. The lowest BCUT2D eigenvalue weighted by atomic mass is 9.94. The van der Waals surface area contributed by atoms with E-state index in [2.05, 4.69) is 55.5 Å². The summed E-state index contributed by atoms with van der Waals surface area (Å²) in [6.07, 6.45) is 4.01. The SMILES string of the molecule is CCNC(CCc1ccnn1C)c1cccc(C)c1C. The normalized spacial score (nSPS) is 12.6. The highest BCUT2D eigenvalue weighted by Gasteiger charge is 2.14. The molecule has 0 spiro atoms. The first kappa shape index (κ1) is 14.8. The molecule has 0 saturated carbocycles. The van der Waals surface area contributed by atoms with Crippen LogP contribution in [-0.4, -0.2) is 16.3 Å². The Morgan fingerprint density at radius 1 is 1.25 bits per heavy atom. The number of rotatable bonds is 6. The van der Waals surface area contributed by atoms with Crippen LogP contribution < -0.4 is 5.32 Å². The Hall–Kier alpha value is -1.61. The molecule has 0 aliphatic carbocycles. The quantitative estimate of drug-likeness (QED) is 0.873. The topological polar surface area (TPSA) is 29.9 Å². The highest BCUT2D eigenvalue weighted by atomic mass is 15.2. The third-order valence-electron chi connectivity index (χ3n) is 4.08. The molecule has 0 radical (unpaired) electrons. The second kappa shape index (κ2) is 6.71. The summed E-state index contributed by atoms with van der Waals surface area (Å²) in [5, 5.41) is 7.86. The summed E-state index contributed by atoms with van der Waals surface area (Å²) in [5.41, 5.74) is 5.49. The number of nitrogens with one attached hydrogen (secondary N) is 1. The van der Waals surface area contributed by atoms with Crippen molar-refractivity contribution < 1.29 is 0 Å². The molecule has 0 amide bonds. The molecular formula is C17H25N3. The Balaban J connectivity index is 2.14. The Kier molecular flexibility index (Phi) is 4.96. The van der Waals surface area contributed by atoms with Crippen molar-refractivity contribution in [2.45, 2.75) is 39.7 Å². The minimum Gasteiger partial charge on any atom is -0.310 e. The minimum atomic E-state index is 0.412. The zero-order valence-electron chi connectivity index (χ0n) is 13.0. The van der Waals surface area contributed by atoms with Crippen LogP contribution in [0, 0.1) is 13.8 Å². The van der Waals surface area contributed by atoms with Crippen molar-refractivity contribution in [1.82, 2.24) is 15.1 Å². The summed E-state index contributed by atoms with van der Waals surface area (Å²) in [5.74, 6) is 0. The highest BCUT2D eigenvalue weighted by molar-refractivity contribution is 5.35.